The molecule has 128 valence electrons. The minimum absolute atomic E-state index is 0.0373. The second kappa shape index (κ2) is 6.25. The van der Waals surface area contributed by atoms with E-state index in [2.05, 4.69) is 15.3 Å². The molecule has 1 aliphatic heterocycles. The van der Waals surface area contributed by atoms with Crippen LogP contribution in [0.2, 0.25) is 0 Å². The molecule has 1 atom stereocenters. The maximum absolute atomic E-state index is 12.8. The highest BCUT2D eigenvalue weighted by Crippen LogP contribution is 2.22. The first-order valence-electron chi connectivity index (χ1n) is 8.46. The molecule has 0 saturated carbocycles. The molecule has 1 saturated heterocycles. The van der Waals surface area contributed by atoms with Crippen molar-refractivity contribution < 1.29 is 4.79 Å². The third-order valence-electron chi connectivity index (χ3n) is 4.68. The average Bonchev–Trinajstić information content (AvgIpc) is 3.02. The third kappa shape index (κ3) is 2.76. The summed E-state index contributed by atoms with van der Waals surface area (Å²) in [6.07, 6.45) is 3.63. The summed E-state index contributed by atoms with van der Waals surface area (Å²) in [4.78, 5) is 19.0. The maximum atomic E-state index is 12.8. The molecule has 7 heteroatoms. The monoisotopic (exact) mass is 336 g/mol. The maximum Gasteiger partial charge on any atom is 0.276 e. The summed E-state index contributed by atoms with van der Waals surface area (Å²) in [6.45, 7) is 3.15. The Hall–Kier alpha value is -2.80. The van der Waals surface area contributed by atoms with Crippen LogP contribution in [0.15, 0.2) is 36.5 Å². The van der Waals surface area contributed by atoms with Crippen molar-refractivity contribution in [2.75, 3.05) is 13.1 Å². The Balaban J connectivity index is 1.72. The molecule has 25 heavy (non-hydrogen) atoms. The van der Waals surface area contributed by atoms with Gasteiger partial charge >= 0.3 is 0 Å². The van der Waals surface area contributed by atoms with Gasteiger partial charge in [-0.25, -0.2) is 4.68 Å². The van der Waals surface area contributed by atoms with Gasteiger partial charge in [0.05, 0.1) is 16.9 Å². The topological polar surface area (TPSA) is 89.9 Å². The molecule has 1 aliphatic rings. The lowest BCUT2D eigenvalue weighted by Gasteiger charge is -2.30. The van der Waals surface area contributed by atoms with Gasteiger partial charge in [-0.2, -0.15) is 0 Å². The van der Waals surface area contributed by atoms with Gasteiger partial charge in [0, 0.05) is 30.7 Å². The summed E-state index contributed by atoms with van der Waals surface area (Å²) in [5, 5.41) is 9.39. The Bertz CT molecular complexity index is 929. The summed E-state index contributed by atoms with van der Waals surface area (Å²) in [7, 11) is 0. The molecule has 0 aliphatic carbocycles. The molecule has 0 spiro atoms. The highest BCUT2D eigenvalue weighted by atomic mass is 16.2. The van der Waals surface area contributed by atoms with E-state index in [-0.39, 0.29) is 11.9 Å². The quantitative estimate of drug-likeness (QED) is 0.769. The van der Waals surface area contributed by atoms with Crippen molar-refractivity contribution in [3.63, 3.8) is 0 Å². The van der Waals surface area contributed by atoms with Gasteiger partial charge in [-0.1, -0.05) is 23.4 Å². The normalized spacial score (nSPS) is 17.8. The van der Waals surface area contributed by atoms with Gasteiger partial charge in [0.15, 0.2) is 5.69 Å². The fourth-order valence-corrected chi connectivity index (χ4v) is 3.36. The molecule has 1 aromatic carbocycles. The van der Waals surface area contributed by atoms with Gasteiger partial charge in [-0.05, 0) is 31.9 Å². The van der Waals surface area contributed by atoms with Gasteiger partial charge in [-0.15, -0.1) is 5.10 Å². The fraction of sp³-hybridized carbons (Fsp3) is 0.333. The average molecular weight is 336 g/mol. The molecule has 0 radical (unpaired) electrons. The van der Waals surface area contributed by atoms with E-state index in [0.717, 1.165) is 29.4 Å². The molecule has 0 bridgehead atoms. The van der Waals surface area contributed by atoms with Crippen molar-refractivity contribution in [2.45, 2.75) is 25.8 Å². The number of para-hydroxylation sites is 1. The van der Waals surface area contributed by atoms with E-state index < -0.39 is 0 Å². The fourth-order valence-electron chi connectivity index (χ4n) is 3.36. The number of pyridine rings is 1. The van der Waals surface area contributed by atoms with Gasteiger partial charge in [0.2, 0.25) is 0 Å². The smallest absolute Gasteiger partial charge is 0.276 e. The summed E-state index contributed by atoms with van der Waals surface area (Å²) in [5.41, 5.74) is 8.73. The second-order valence-corrected chi connectivity index (χ2v) is 6.44. The van der Waals surface area contributed by atoms with Crippen molar-refractivity contribution >= 4 is 16.8 Å². The van der Waals surface area contributed by atoms with Crippen molar-refractivity contribution in [3.8, 4) is 5.69 Å². The minimum Gasteiger partial charge on any atom is -0.336 e. The van der Waals surface area contributed by atoms with E-state index in [4.69, 9.17) is 5.73 Å². The summed E-state index contributed by atoms with van der Waals surface area (Å²) >= 11 is 0. The van der Waals surface area contributed by atoms with E-state index in [1.165, 1.54) is 0 Å². The molecule has 4 rings (SSSR count). The Morgan fingerprint density at radius 3 is 2.96 bits per heavy atom. The number of nitrogens with zero attached hydrogens (tertiary/aromatic N) is 5. The van der Waals surface area contributed by atoms with Crippen LogP contribution in [-0.2, 0) is 0 Å². The highest BCUT2D eigenvalue weighted by Gasteiger charge is 2.27. The molecule has 1 unspecified atom stereocenters. The first-order valence-corrected chi connectivity index (χ1v) is 8.46. The van der Waals surface area contributed by atoms with Crippen molar-refractivity contribution in [1.29, 1.82) is 0 Å². The number of amides is 1. The van der Waals surface area contributed by atoms with Crippen LogP contribution in [0.4, 0.5) is 0 Å². The Kier molecular flexibility index (Phi) is 3.93. The van der Waals surface area contributed by atoms with Gasteiger partial charge in [0.25, 0.3) is 5.91 Å². The molecular weight excluding hydrogens is 316 g/mol. The largest absolute Gasteiger partial charge is 0.336 e. The molecule has 2 N–H and O–H groups in total. The number of carbonyl (C=O) groups is 1. The summed E-state index contributed by atoms with van der Waals surface area (Å²) < 4.78 is 1.69. The molecule has 7 nitrogen and oxygen atoms in total. The van der Waals surface area contributed by atoms with Crippen molar-refractivity contribution in [1.82, 2.24) is 24.9 Å². The molecule has 3 heterocycles. The van der Waals surface area contributed by atoms with Crippen LogP contribution < -0.4 is 5.73 Å². The Morgan fingerprint density at radius 2 is 2.12 bits per heavy atom. The minimum atomic E-state index is -0.105. The van der Waals surface area contributed by atoms with E-state index in [1.54, 1.807) is 15.8 Å². The van der Waals surface area contributed by atoms with Crippen LogP contribution in [0.5, 0.6) is 0 Å². The van der Waals surface area contributed by atoms with Crippen LogP contribution in [0, 0.1) is 6.92 Å². The van der Waals surface area contributed by atoms with Crippen LogP contribution in [0.25, 0.3) is 16.6 Å². The number of hydrogen-bond acceptors (Lipinski definition) is 5. The van der Waals surface area contributed by atoms with Gasteiger partial charge in [0.1, 0.15) is 0 Å². The van der Waals surface area contributed by atoms with Crippen molar-refractivity contribution in [3.05, 3.63) is 47.9 Å². The third-order valence-corrected chi connectivity index (χ3v) is 4.68. The van der Waals surface area contributed by atoms with Crippen LogP contribution in [0.3, 0.4) is 0 Å². The van der Waals surface area contributed by atoms with E-state index in [0.29, 0.717) is 24.5 Å². The molecule has 3 aromatic rings. The summed E-state index contributed by atoms with van der Waals surface area (Å²) in [6, 6.07) is 9.82. The zero-order valence-electron chi connectivity index (χ0n) is 14.1. The molecule has 2 aromatic heterocycles. The number of fused-ring (bicyclic) bond motifs is 1. The van der Waals surface area contributed by atoms with Crippen molar-refractivity contribution in [2.24, 2.45) is 5.73 Å². The number of carbonyl (C=O) groups excluding carboxylic acids is 1. The molecular formula is C18H20N6O. The zero-order valence-corrected chi connectivity index (χ0v) is 14.1. The standard InChI is InChI=1S/C18H20N6O/c1-12-16(18(25)23-10-4-7-14(19)11-23)21-22-24(12)15-8-2-5-13-6-3-9-20-17(13)15/h2-3,5-6,8-9,14H,4,7,10-11,19H2,1H3. The number of piperidine rings is 1. The van der Waals surface area contributed by atoms with Gasteiger partial charge < -0.3 is 10.6 Å². The SMILES string of the molecule is Cc1c(C(=O)N2CCCC(N)C2)nnn1-c1cccc2cccnc12. The van der Waals surface area contributed by atoms with E-state index in [1.807, 2.05) is 37.3 Å². The van der Waals surface area contributed by atoms with Crippen LogP contribution in [0.1, 0.15) is 29.0 Å². The number of hydrogen-bond donors (Lipinski definition) is 1. The molecule has 1 fully saturated rings. The highest BCUT2D eigenvalue weighted by molar-refractivity contribution is 5.94. The first-order chi connectivity index (χ1) is 12.1. The lowest BCUT2D eigenvalue weighted by atomic mass is 10.1. The number of rotatable bonds is 2. The van der Waals surface area contributed by atoms with E-state index >= 15 is 0 Å². The second-order valence-electron chi connectivity index (χ2n) is 6.44. The predicted octanol–water partition coefficient (Wildman–Crippen LogP) is 1.69. The first kappa shape index (κ1) is 15.7. The predicted molar refractivity (Wildman–Crippen MR) is 94.5 cm³/mol. The number of benzene rings is 1. The Labute approximate surface area is 145 Å². The van der Waals surface area contributed by atoms with E-state index in [9.17, 15) is 4.79 Å². The molecule has 1 amide bonds. The van der Waals surface area contributed by atoms with Crippen LogP contribution in [-0.4, -0.2) is 49.9 Å². The number of likely N-dealkylation sites (tertiary alicyclic amines) is 1. The number of aromatic nitrogens is 4. The lowest BCUT2D eigenvalue weighted by molar-refractivity contribution is 0.0702. The lowest BCUT2D eigenvalue weighted by Crippen LogP contribution is -2.46. The van der Waals surface area contributed by atoms with Crippen LogP contribution >= 0.6 is 0 Å². The zero-order chi connectivity index (χ0) is 17.4. The number of nitrogens with two attached hydrogens (primary N) is 1. The van der Waals surface area contributed by atoms with Gasteiger partial charge in [-0.3, -0.25) is 9.78 Å². The Morgan fingerprint density at radius 1 is 1.28 bits per heavy atom. The summed E-state index contributed by atoms with van der Waals surface area (Å²) in [5.74, 6) is -0.105.